The third kappa shape index (κ3) is 2.71. The van der Waals surface area contributed by atoms with E-state index >= 15 is 0 Å². The lowest BCUT2D eigenvalue weighted by Crippen LogP contribution is -2.52. The molecule has 0 amide bonds. The van der Waals surface area contributed by atoms with Gasteiger partial charge >= 0.3 is 0 Å². The molecule has 3 nitrogen and oxygen atoms in total. The SMILES string of the molecule is Cc1nc(CN2CCC3(O)CCCCC3C2)sc1C. The maximum absolute atomic E-state index is 10.7. The van der Waals surface area contributed by atoms with Crippen LogP contribution in [0.4, 0.5) is 0 Å². The second-order valence-corrected chi connectivity index (χ2v) is 7.57. The summed E-state index contributed by atoms with van der Waals surface area (Å²) < 4.78 is 0. The van der Waals surface area contributed by atoms with E-state index in [1.165, 1.54) is 34.8 Å². The van der Waals surface area contributed by atoms with Crippen LogP contribution in [0, 0.1) is 19.8 Å². The monoisotopic (exact) mass is 280 g/mol. The average Bonchev–Trinajstić information content (AvgIpc) is 2.68. The van der Waals surface area contributed by atoms with E-state index < -0.39 is 0 Å². The van der Waals surface area contributed by atoms with Gasteiger partial charge in [0.2, 0.25) is 0 Å². The van der Waals surface area contributed by atoms with E-state index in [2.05, 4.69) is 23.7 Å². The molecule has 1 N–H and O–H groups in total. The lowest BCUT2D eigenvalue weighted by molar-refractivity contribution is -0.0967. The summed E-state index contributed by atoms with van der Waals surface area (Å²) in [5, 5.41) is 11.9. The number of likely N-dealkylation sites (tertiary alicyclic amines) is 1. The highest BCUT2D eigenvalue weighted by molar-refractivity contribution is 7.11. The number of aliphatic hydroxyl groups is 1. The normalized spacial score (nSPS) is 32.3. The quantitative estimate of drug-likeness (QED) is 0.905. The second kappa shape index (κ2) is 5.15. The molecule has 2 heterocycles. The standard InChI is InChI=1S/C15H24N2OS/c1-11-12(2)19-14(16-11)10-17-8-7-15(18)6-4-3-5-13(15)9-17/h13,18H,3-10H2,1-2H3. The lowest BCUT2D eigenvalue weighted by atomic mass is 9.71. The third-order valence-corrected chi connectivity index (χ3v) is 6.00. The van der Waals surface area contributed by atoms with E-state index in [0.29, 0.717) is 5.92 Å². The molecule has 1 aliphatic heterocycles. The van der Waals surface area contributed by atoms with Gasteiger partial charge in [-0.1, -0.05) is 12.8 Å². The number of aryl methyl sites for hydroxylation is 2. The van der Waals surface area contributed by atoms with Gasteiger partial charge in [-0.25, -0.2) is 4.98 Å². The highest BCUT2D eigenvalue weighted by Gasteiger charge is 2.42. The van der Waals surface area contributed by atoms with Crippen LogP contribution in [-0.4, -0.2) is 33.7 Å². The summed E-state index contributed by atoms with van der Waals surface area (Å²) in [5.41, 5.74) is 0.815. The van der Waals surface area contributed by atoms with Crippen LogP contribution in [-0.2, 0) is 6.54 Å². The number of thiazole rings is 1. The first-order chi connectivity index (χ1) is 9.07. The molecule has 2 aliphatic rings. The van der Waals surface area contributed by atoms with Gasteiger partial charge < -0.3 is 5.11 Å². The molecular formula is C15H24N2OS. The van der Waals surface area contributed by atoms with Gasteiger partial charge in [0.05, 0.1) is 17.8 Å². The van der Waals surface area contributed by atoms with Crippen molar-refractivity contribution in [2.75, 3.05) is 13.1 Å². The van der Waals surface area contributed by atoms with Crippen molar-refractivity contribution < 1.29 is 5.11 Å². The number of nitrogens with zero attached hydrogens (tertiary/aromatic N) is 2. The molecule has 1 aromatic rings. The average molecular weight is 280 g/mol. The van der Waals surface area contributed by atoms with Gasteiger partial charge in [-0.15, -0.1) is 11.3 Å². The number of rotatable bonds is 2. The van der Waals surface area contributed by atoms with Crippen molar-refractivity contribution in [3.8, 4) is 0 Å². The fraction of sp³-hybridized carbons (Fsp3) is 0.800. The molecular weight excluding hydrogens is 256 g/mol. The van der Waals surface area contributed by atoms with Gasteiger partial charge in [0.1, 0.15) is 5.01 Å². The predicted molar refractivity (Wildman–Crippen MR) is 78.4 cm³/mol. The molecule has 2 atom stereocenters. The molecule has 1 aliphatic carbocycles. The Kier molecular flexibility index (Phi) is 3.67. The van der Waals surface area contributed by atoms with E-state index in [1.54, 1.807) is 0 Å². The van der Waals surface area contributed by atoms with Crippen LogP contribution < -0.4 is 0 Å². The number of hydrogen-bond acceptors (Lipinski definition) is 4. The summed E-state index contributed by atoms with van der Waals surface area (Å²) in [7, 11) is 0. The van der Waals surface area contributed by atoms with Gasteiger partial charge in [0.25, 0.3) is 0 Å². The Morgan fingerprint density at radius 1 is 1.37 bits per heavy atom. The fourth-order valence-electron chi connectivity index (χ4n) is 3.58. The minimum Gasteiger partial charge on any atom is -0.390 e. The predicted octanol–water partition coefficient (Wildman–Crippen LogP) is 2.89. The second-order valence-electron chi connectivity index (χ2n) is 6.28. The van der Waals surface area contributed by atoms with Crippen molar-refractivity contribution in [3.63, 3.8) is 0 Å². The van der Waals surface area contributed by atoms with Gasteiger partial charge in [0.15, 0.2) is 0 Å². The number of piperidine rings is 1. The molecule has 2 fully saturated rings. The molecule has 2 unspecified atom stereocenters. The van der Waals surface area contributed by atoms with Crippen molar-refractivity contribution in [1.82, 2.24) is 9.88 Å². The number of hydrogen-bond donors (Lipinski definition) is 1. The van der Waals surface area contributed by atoms with Gasteiger partial charge in [-0.3, -0.25) is 4.90 Å². The molecule has 0 bridgehead atoms. The minimum absolute atomic E-state index is 0.358. The van der Waals surface area contributed by atoms with Crippen LogP contribution >= 0.6 is 11.3 Å². The first-order valence-electron chi connectivity index (χ1n) is 7.44. The summed E-state index contributed by atoms with van der Waals surface area (Å²) in [6.45, 7) is 7.27. The Morgan fingerprint density at radius 2 is 2.21 bits per heavy atom. The van der Waals surface area contributed by atoms with Crippen molar-refractivity contribution in [1.29, 1.82) is 0 Å². The Balaban J connectivity index is 1.64. The van der Waals surface area contributed by atoms with E-state index in [1.807, 2.05) is 11.3 Å². The molecule has 106 valence electrons. The fourth-order valence-corrected chi connectivity index (χ4v) is 4.56. The van der Waals surface area contributed by atoms with Crippen molar-refractivity contribution in [2.45, 2.75) is 58.1 Å². The molecule has 4 heteroatoms. The number of aromatic nitrogens is 1. The first-order valence-corrected chi connectivity index (χ1v) is 8.26. The molecule has 0 spiro atoms. The highest BCUT2D eigenvalue weighted by atomic mass is 32.1. The Morgan fingerprint density at radius 3 is 2.95 bits per heavy atom. The summed E-state index contributed by atoms with van der Waals surface area (Å²) in [6, 6.07) is 0. The van der Waals surface area contributed by atoms with Crippen LogP contribution in [0.15, 0.2) is 0 Å². The Labute approximate surface area is 119 Å². The summed E-state index contributed by atoms with van der Waals surface area (Å²) in [4.78, 5) is 8.46. The zero-order valence-electron chi connectivity index (χ0n) is 12.0. The first kappa shape index (κ1) is 13.5. The summed E-state index contributed by atoms with van der Waals surface area (Å²) in [5.74, 6) is 0.483. The molecule has 1 aromatic heterocycles. The van der Waals surface area contributed by atoms with Gasteiger partial charge in [-0.2, -0.15) is 0 Å². The van der Waals surface area contributed by atoms with Crippen molar-refractivity contribution >= 4 is 11.3 Å². The molecule has 3 rings (SSSR count). The van der Waals surface area contributed by atoms with Crippen LogP contribution in [0.2, 0.25) is 0 Å². The molecule has 0 radical (unpaired) electrons. The Bertz CT molecular complexity index is 439. The largest absolute Gasteiger partial charge is 0.390 e. The number of fused-ring (bicyclic) bond motifs is 1. The topological polar surface area (TPSA) is 36.4 Å². The van der Waals surface area contributed by atoms with Gasteiger partial charge in [0, 0.05) is 23.9 Å². The molecule has 1 saturated heterocycles. The molecule has 19 heavy (non-hydrogen) atoms. The molecule has 1 saturated carbocycles. The minimum atomic E-state index is -0.358. The van der Waals surface area contributed by atoms with Crippen LogP contribution in [0.1, 0.15) is 47.7 Å². The van der Waals surface area contributed by atoms with Crippen molar-refractivity contribution in [2.24, 2.45) is 5.92 Å². The third-order valence-electron chi connectivity index (χ3n) is 4.94. The summed E-state index contributed by atoms with van der Waals surface area (Å²) in [6.07, 6.45) is 5.65. The zero-order chi connectivity index (χ0) is 13.5. The highest BCUT2D eigenvalue weighted by Crippen LogP contribution is 2.40. The van der Waals surface area contributed by atoms with E-state index in [9.17, 15) is 5.11 Å². The van der Waals surface area contributed by atoms with Crippen LogP contribution in [0.25, 0.3) is 0 Å². The lowest BCUT2D eigenvalue weighted by Gasteiger charge is -2.47. The maximum Gasteiger partial charge on any atom is 0.107 e. The van der Waals surface area contributed by atoms with Crippen LogP contribution in [0.5, 0.6) is 0 Å². The van der Waals surface area contributed by atoms with Gasteiger partial charge in [-0.05, 0) is 33.1 Å². The van der Waals surface area contributed by atoms with Crippen LogP contribution in [0.3, 0.4) is 0 Å². The van der Waals surface area contributed by atoms with E-state index in [-0.39, 0.29) is 5.60 Å². The smallest absolute Gasteiger partial charge is 0.107 e. The summed E-state index contributed by atoms with van der Waals surface area (Å²) >= 11 is 1.82. The van der Waals surface area contributed by atoms with E-state index in [4.69, 9.17) is 0 Å². The Hall–Kier alpha value is -0.450. The van der Waals surface area contributed by atoms with Crippen molar-refractivity contribution in [3.05, 3.63) is 15.6 Å². The maximum atomic E-state index is 10.7. The zero-order valence-corrected chi connectivity index (χ0v) is 12.8. The van der Waals surface area contributed by atoms with E-state index in [0.717, 1.165) is 32.5 Å². The molecule has 0 aromatic carbocycles.